The first-order chi connectivity index (χ1) is 15.8. The Kier molecular flexibility index (Phi) is 7.92. The van der Waals surface area contributed by atoms with Gasteiger partial charge in [-0.25, -0.2) is 0 Å². The van der Waals surface area contributed by atoms with Gasteiger partial charge in [0.1, 0.15) is 11.5 Å². The molecule has 1 amide bonds. The van der Waals surface area contributed by atoms with Gasteiger partial charge in [-0.3, -0.25) is 9.59 Å². The minimum atomic E-state index is -0.687. The first kappa shape index (κ1) is 24.5. The molecule has 1 heterocycles. The normalized spacial score (nSPS) is 17.8. The van der Waals surface area contributed by atoms with Crippen molar-refractivity contribution in [2.45, 2.75) is 53.2 Å². The lowest BCUT2D eigenvalue weighted by molar-refractivity contribution is -0.140. The van der Waals surface area contributed by atoms with Gasteiger partial charge in [0, 0.05) is 12.1 Å². The second kappa shape index (κ2) is 10.7. The molecule has 3 rings (SSSR count). The van der Waals surface area contributed by atoms with Gasteiger partial charge in [0.05, 0.1) is 30.9 Å². The molecule has 176 valence electrons. The Morgan fingerprint density at radius 2 is 1.79 bits per heavy atom. The third-order valence-electron chi connectivity index (χ3n) is 5.78. The van der Waals surface area contributed by atoms with E-state index in [0.29, 0.717) is 24.5 Å². The summed E-state index contributed by atoms with van der Waals surface area (Å²) >= 11 is 0. The molecule has 1 aliphatic heterocycles. The molecule has 6 nitrogen and oxygen atoms in total. The number of carbonyl (C=O) groups is 2. The molecular formula is C27H33NO5. The lowest BCUT2D eigenvalue weighted by Gasteiger charge is -2.26. The first-order valence-corrected chi connectivity index (χ1v) is 11.5. The van der Waals surface area contributed by atoms with Crippen LogP contribution in [0.1, 0.15) is 56.0 Å². The predicted octanol–water partition coefficient (Wildman–Crippen LogP) is 4.80. The lowest BCUT2D eigenvalue weighted by atomic mass is 9.94. The van der Waals surface area contributed by atoms with E-state index in [1.807, 2.05) is 52.0 Å². The van der Waals surface area contributed by atoms with E-state index in [2.05, 4.69) is 6.92 Å². The Bertz CT molecular complexity index is 1040. The molecule has 0 bridgehead atoms. The zero-order valence-corrected chi connectivity index (χ0v) is 20.1. The first-order valence-electron chi connectivity index (χ1n) is 11.5. The molecule has 1 N–H and O–H groups in total. The van der Waals surface area contributed by atoms with Gasteiger partial charge in [-0.05, 0) is 69.0 Å². The van der Waals surface area contributed by atoms with Gasteiger partial charge in [-0.2, -0.15) is 0 Å². The van der Waals surface area contributed by atoms with Crippen molar-refractivity contribution in [3.63, 3.8) is 0 Å². The number of likely N-dealkylation sites (tertiary alicyclic amines) is 1. The summed E-state index contributed by atoms with van der Waals surface area (Å²) in [4.78, 5) is 27.6. The maximum Gasteiger partial charge on any atom is 0.295 e. The van der Waals surface area contributed by atoms with Crippen LogP contribution in [0.4, 0.5) is 0 Å². The van der Waals surface area contributed by atoms with Crippen molar-refractivity contribution in [2.24, 2.45) is 0 Å². The summed E-state index contributed by atoms with van der Waals surface area (Å²) in [5.74, 6) is -0.785. The Labute approximate surface area is 195 Å². The van der Waals surface area contributed by atoms with E-state index in [-0.39, 0.29) is 24.0 Å². The number of aliphatic hydroxyl groups is 1. The molecule has 33 heavy (non-hydrogen) atoms. The molecular weight excluding hydrogens is 418 g/mol. The van der Waals surface area contributed by atoms with Gasteiger partial charge < -0.3 is 19.5 Å². The van der Waals surface area contributed by atoms with Crippen molar-refractivity contribution >= 4 is 17.4 Å². The van der Waals surface area contributed by atoms with Crippen molar-refractivity contribution in [1.82, 2.24) is 4.90 Å². The molecule has 1 saturated heterocycles. The maximum absolute atomic E-state index is 13.1. The number of Topliss-reactive ketones (excluding diaryl/α,β-unsaturated/α-hetero) is 1. The number of carbonyl (C=O) groups excluding carboxylic acids is 2. The Morgan fingerprint density at radius 3 is 2.36 bits per heavy atom. The highest BCUT2D eigenvalue weighted by Gasteiger charge is 2.45. The van der Waals surface area contributed by atoms with Crippen molar-refractivity contribution < 1.29 is 24.2 Å². The molecule has 2 aromatic rings. The standard InChI is InChI=1S/C27H33NO5/c1-6-19-8-10-20(11-9-19)24-23(26(30)27(31)28(24)14-15-33-17(3)4)25(29)21-12-13-22(32-7-2)18(5)16-21/h8-13,16-17,24,29H,6-7,14-15H2,1-5H3/b25-23-. The number of benzene rings is 2. The lowest BCUT2D eigenvalue weighted by Crippen LogP contribution is -2.33. The molecule has 1 atom stereocenters. The molecule has 1 fully saturated rings. The summed E-state index contributed by atoms with van der Waals surface area (Å²) < 4.78 is 11.2. The number of ketones is 1. The summed E-state index contributed by atoms with van der Waals surface area (Å²) in [6, 6.07) is 12.4. The highest BCUT2D eigenvalue weighted by Crippen LogP contribution is 2.39. The van der Waals surface area contributed by atoms with Crippen LogP contribution in [0.2, 0.25) is 0 Å². The van der Waals surface area contributed by atoms with E-state index < -0.39 is 17.7 Å². The fraction of sp³-hybridized carbons (Fsp3) is 0.407. The molecule has 1 unspecified atom stereocenters. The molecule has 2 aromatic carbocycles. The van der Waals surface area contributed by atoms with Gasteiger partial charge in [0.2, 0.25) is 0 Å². The highest BCUT2D eigenvalue weighted by molar-refractivity contribution is 6.46. The minimum Gasteiger partial charge on any atom is -0.507 e. The number of nitrogens with zero attached hydrogens (tertiary/aromatic N) is 1. The van der Waals surface area contributed by atoms with Gasteiger partial charge in [-0.15, -0.1) is 0 Å². The van der Waals surface area contributed by atoms with E-state index in [9.17, 15) is 14.7 Å². The van der Waals surface area contributed by atoms with Crippen molar-refractivity contribution in [3.05, 3.63) is 70.3 Å². The number of aliphatic hydroxyl groups excluding tert-OH is 1. The van der Waals surface area contributed by atoms with Crippen LogP contribution in [-0.4, -0.2) is 47.6 Å². The number of amides is 1. The number of hydrogen-bond donors (Lipinski definition) is 1. The zero-order valence-electron chi connectivity index (χ0n) is 20.1. The van der Waals surface area contributed by atoms with Crippen LogP contribution in [0.25, 0.3) is 5.76 Å². The van der Waals surface area contributed by atoms with Crippen LogP contribution >= 0.6 is 0 Å². The van der Waals surface area contributed by atoms with Gasteiger partial charge in [-0.1, -0.05) is 31.2 Å². The minimum absolute atomic E-state index is 0.0101. The van der Waals surface area contributed by atoms with Crippen molar-refractivity contribution in [2.75, 3.05) is 19.8 Å². The van der Waals surface area contributed by atoms with Crippen LogP contribution in [0.3, 0.4) is 0 Å². The summed E-state index contributed by atoms with van der Waals surface area (Å²) in [5.41, 5.74) is 3.34. The van der Waals surface area contributed by atoms with E-state index in [0.717, 1.165) is 23.1 Å². The summed E-state index contributed by atoms with van der Waals surface area (Å²) in [6.07, 6.45) is 0.893. The van der Waals surface area contributed by atoms with E-state index in [4.69, 9.17) is 9.47 Å². The van der Waals surface area contributed by atoms with Crippen LogP contribution in [-0.2, 0) is 20.7 Å². The van der Waals surface area contributed by atoms with Crippen molar-refractivity contribution in [3.8, 4) is 5.75 Å². The third kappa shape index (κ3) is 5.28. The monoisotopic (exact) mass is 451 g/mol. The van der Waals surface area contributed by atoms with Crippen LogP contribution < -0.4 is 4.74 Å². The number of aryl methyl sites for hydroxylation is 2. The largest absolute Gasteiger partial charge is 0.507 e. The topological polar surface area (TPSA) is 76.1 Å². The van der Waals surface area contributed by atoms with E-state index >= 15 is 0 Å². The number of rotatable bonds is 9. The summed E-state index contributed by atoms with van der Waals surface area (Å²) in [5, 5.41) is 11.2. The molecule has 0 spiro atoms. The SMILES string of the molecule is CCOc1ccc(/C(O)=C2/C(=O)C(=O)N(CCOC(C)C)C2c2ccc(CC)cc2)cc1C. The van der Waals surface area contributed by atoms with Crippen molar-refractivity contribution in [1.29, 1.82) is 0 Å². The predicted molar refractivity (Wildman–Crippen MR) is 128 cm³/mol. The average Bonchev–Trinajstić information content (AvgIpc) is 3.05. The quantitative estimate of drug-likeness (QED) is 0.337. The highest BCUT2D eigenvalue weighted by atomic mass is 16.5. The number of ether oxygens (including phenoxy) is 2. The van der Waals surface area contributed by atoms with E-state index in [1.165, 1.54) is 4.90 Å². The molecule has 0 saturated carbocycles. The third-order valence-corrected chi connectivity index (χ3v) is 5.78. The summed E-state index contributed by atoms with van der Waals surface area (Å²) in [7, 11) is 0. The van der Waals surface area contributed by atoms with Crippen LogP contribution in [0, 0.1) is 6.92 Å². The van der Waals surface area contributed by atoms with E-state index in [1.54, 1.807) is 18.2 Å². The molecule has 0 aliphatic carbocycles. The van der Waals surface area contributed by atoms with Gasteiger partial charge in [0.25, 0.3) is 11.7 Å². The van der Waals surface area contributed by atoms with Gasteiger partial charge in [0.15, 0.2) is 0 Å². The second-order valence-electron chi connectivity index (χ2n) is 8.42. The average molecular weight is 452 g/mol. The molecule has 6 heteroatoms. The Hall–Kier alpha value is -3.12. The smallest absolute Gasteiger partial charge is 0.295 e. The molecule has 0 aromatic heterocycles. The van der Waals surface area contributed by atoms with Gasteiger partial charge >= 0.3 is 0 Å². The second-order valence-corrected chi connectivity index (χ2v) is 8.42. The molecule has 0 radical (unpaired) electrons. The fourth-order valence-electron chi connectivity index (χ4n) is 4.05. The number of hydrogen-bond acceptors (Lipinski definition) is 5. The summed E-state index contributed by atoms with van der Waals surface area (Å²) in [6.45, 7) is 10.8. The molecule has 1 aliphatic rings. The Balaban J connectivity index is 2.08. The Morgan fingerprint density at radius 1 is 1.09 bits per heavy atom. The van der Waals surface area contributed by atoms with Crippen LogP contribution in [0.15, 0.2) is 48.0 Å². The van der Waals surface area contributed by atoms with Crippen LogP contribution in [0.5, 0.6) is 5.75 Å². The fourth-order valence-corrected chi connectivity index (χ4v) is 4.05. The maximum atomic E-state index is 13.1. The zero-order chi connectivity index (χ0) is 24.1.